The van der Waals surface area contributed by atoms with E-state index in [1.807, 2.05) is 12.1 Å². The smallest absolute Gasteiger partial charge is 0.416 e. The van der Waals surface area contributed by atoms with Gasteiger partial charge < -0.3 is 4.74 Å². The van der Waals surface area contributed by atoms with Gasteiger partial charge in [0.15, 0.2) is 0 Å². The highest BCUT2D eigenvalue weighted by molar-refractivity contribution is 7.92. The number of benzene rings is 3. The molecule has 3 aromatic carbocycles. The second-order valence-corrected chi connectivity index (χ2v) is 12.2. The molecule has 2 aliphatic carbocycles. The van der Waals surface area contributed by atoms with Gasteiger partial charge in [0, 0.05) is 18.2 Å². The van der Waals surface area contributed by atoms with Crippen LogP contribution < -0.4 is 9.04 Å². The van der Waals surface area contributed by atoms with Gasteiger partial charge in [0.05, 0.1) is 16.1 Å². The van der Waals surface area contributed by atoms with Crippen molar-refractivity contribution in [3.8, 4) is 5.75 Å². The van der Waals surface area contributed by atoms with Gasteiger partial charge in [-0.1, -0.05) is 18.2 Å². The van der Waals surface area contributed by atoms with Gasteiger partial charge >= 0.3 is 6.18 Å². The van der Waals surface area contributed by atoms with Crippen LogP contribution in [0.2, 0.25) is 0 Å². The van der Waals surface area contributed by atoms with Gasteiger partial charge in [-0.05, 0) is 97.4 Å². The van der Waals surface area contributed by atoms with E-state index in [9.17, 15) is 26.0 Å². The van der Waals surface area contributed by atoms with Crippen molar-refractivity contribution < 1.29 is 30.7 Å². The van der Waals surface area contributed by atoms with Crippen LogP contribution in [-0.2, 0) is 29.2 Å². The third-order valence-corrected chi connectivity index (χ3v) is 9.41. The molecule has 1 aliphatic heterocycles. The molecule has 3 aromatic rings. The second kappa shape index (κ2) is 9.29. The molecule has 0 radical (unpaired) electrons. The zero-order chi connectivity index (χ0) is 26.7. The molecule has 0 unspecified atom stereocenters. The number of aryl methyl sites for hydroxylation is 1. The molecule has 0 spiro atoms. The lowest BCUT2D eigenvalue weighted by molar-refractivity contribution is -0.137. The molecule has 1 heterocycles. The molecule has 0 amide bonds. The fourth-order valence-electron chi connectivity index (χ4n) is 5.30. The molecule has 0 bridgehead atoms. The minimum Gasteiger partial charge on any atom is -0.488 e. The van der Waals surface area contributed by atoms with Gasteiger partial charge in [0.25, 0.3) is 10.0 Å². The number of rotatable bonds is 7. The van der Waals surface area contributed by atoms with Crippen LogP contribution >= 0.6 is 0 Å². The Bertz CT molecular complexity index is 1490. The minimum atomic E-state index is -4.66. The Balaban J connectivity index is 1.37. The monoisotopic (exact) mass is 545 g/mol. The van der Waals surface area contributed by atoms with Gasteiger partial charge in [0.2, 0.25) is 0 Å². The summed E-state index contributed by atoms with van der Waals surface area (Å²) in [4.78, 5) is -0.408. The maximum Gasteiger partial charge on any atom is 0.416 e. The molecule has 38 heavy (non-hydrogen) atoms. The van der Waals surface area contributed by atoms with E-state index < -0.39 is 26.7 Å². The molecule has 2 saturated carbocycles. The van der Waals surface area contributed by atoms with Crippen molar-refractivity contribution in [3.05, 3.63) is 88.2 Å². The second-order valence-electron chi connectivity index (χ2n) is 10.4. The highest BCUT2D eigenvalue weighted by Gasteiger charge is 2.36. The summed E-state index contributed by atoms with van der Waals surface area (Å²) in [6, 6.07) is 12.5. The van der Waals surface area contributed by atoms with Crippen molar-refractivity contribution in [2.45, 2.75) is 68.0 Å². The molecule has 0 saturated heterocycles. The molecule has 6 rings (SSSR count). The maximum absolute atomic E-state index is 14.8. The lowest BCUT2D eigenvalue weighted by atomic mass is 9.98. The molecule has 0 atom stereocenters. The van der Waals surface area contributed by atoms with Crippen LogP contribution in [0.25, 0.3) is 0 Å². The highest BCUT2D eigenvalue weighted by atomic mass is 32.2. The molecule has 9 heteroatoms. The van der Waals surface area contributed by atoms with Crippen molar-refractivity contribution in [2.75, 3.05) is 10.8 Å². The molecule has 2 fully saturated rings. The van der Waals surface area contributed by atoms with E-state index in [1.54, 1.807) is 12.1 Å². The molecule has 3 aliphatic rings. The van der Waals surface area contributed by atoms with E-state index in [-0.39, 0.29) is 19.0 Å². The third kappa shape index (κ3) is 4.77. The van der Waals surface area contributed by atoms with Crippen molar-refractivity contribution >= 4 is 15.7 Å². The summed E-state index contributed by atoms with van der Waals surface area (Å²) in [6.45, 7) is 0.171. The van der Waals surface area contributed by atoms with Gasteiger partial charge in [-0.2, -0.15) is 13.2 Å². The predicted molar refractivity (Wildman–Crippen MR) is 135 cm³/mol. The number of fused-ring (bicyclic) bond motifs is 1. The van der Waals surface area contributed by atoms with Crippen LogP contribution in [0.15, 0.2) is 59.5 Å². The summed E-state index contributed by atoms with van der Waals surface area (Å²) < 4.78 is 89.2. The van der Waals surface area contributed by atoms with E-state index in [2.05, 4.69) is 0 Å². The lowest BCUT2D eigenvalue weighted by Crippen LogP contribution is -2.35. The normalized spacial score (nSPS) is 17.8. The Labute approximate surface area is 219 Å². The van der Waals surface area contributed by atoms with E-state index in [0.29, 0.717) is 47.7 Å². The van der Waals surface area contributed by atoms with E-state index in [4.69, 9.17) is 4.74 Å². The van der Waals surface area contributed by atoms with Crippen LogP contribution in [0.1, 0.15) is 71.8 Å². The number of nitrogens with zero attached hydrogens (tertiary/aromatic N) is 1. The Kier molecular flexibility index (Phi) is 6.17. The third-order valence-electron chi connectivity index (χ3n) is 7.60. The van der Waals surface area contributed by atoms with Crippen molar-refractivity contribution in [3.63, 3.8) is 0 Å². The SMILES string of the molecule is O=S(=O)(c1cccc(C(F)(F)F)c1)N1CCCc2cc(C3CC3)c(OCc3c(F)cccc3C3CC3)cc21. The number of halogens is 4. The molecular formula is C29H27F4NO3S. The molecule has 4 nitrogen and oxygen atoms in total. The van der Waals surface area contributed by atoms with Crippen LogP contribution in [0.5, 0.6) is 5.75 Å². The van der Waals surface area contributed by atoms with Gasteiger partial charge in [-0.15, -0.1) is 0 Å². The van der Waals surface area contributed by atoms with Crippen LogP contribution in [0.4, 0.5) is 23.2 Å². The summed E-state index contributed by atoms with van der Waals surface area (Å²) in [7, 11) is -4.26. The van der Waals surface area contributed by atoms with Crippen molar-refractivity contribution in [2.24, 2.45) is 0 Å². The zero-order valence-corrected chi connectivity index (χ0v) is 21.4. The topological polar surface area (TPSA) is 46.6 Å². The van der Waals surface area contributed by atoms with E-state index >= 15 is 0 Å². The Morgan fingerprint density at radius 1 is 0.921 bits per heavy atom. The summed E-state index contributed by atoms with van der Waals surface area (Å²) in [5.41, 5.74) is 2.66. The molecule has 0 N–H and O–H groups in total. The highest BCUT2D eigenvalue weighted by Crippen LogP contribution is 2.48. The van der Waals surface area contributed by atoms with E-state index in [0.717, 1.165) is 54.5 Å². The maximum atomic E-state index is 14.8. The Morgan fingerprint density at radius 2 is 1.63 bits per heavy atom. The standard InChI is InChI=1S/C29H27F4NO3S/c30-26-8-2-7-23(18-9-10-18)25(26)17-37-28-16-27-20(14-24(28)19-11-12-19)4-3-13-34(27)38(35,36)22-6-1-5-21(15-22)29(31,32)33/h1-2,5-8,14-16,18-19H,3-4,9-13,17H2. The van der Waals surface area contributed by atoms with Crippen molar-refractivity contribution in [1.29, 1.82) is 0 Å². The van der Waals surface area contributed by atoms with Gasteiger partial charge in [-0.3, -0.25) is 4.31 Å². The van der Waals surface area contributed by atoms with E-state index in [1.165, 1.54) is 16.4 Å². The van der Waals surface area contributed by atoms with Crippen LogP contribution in [-0.4, -0.2) is 15.0 Å². The largest absolute Gasteiger partial charge is 0.488 e. The number of sulfonamides is 1. The first-order valence-electron chi connectivity index (χ1n) is 12.9. The first-order valence-corrected chi connectivity index (χ1v) is 14.3. The number of hydrogen-bond donors (Lipinski definition) is 0. The molecule has 0 aromatic heterocycles. The fourth-order valence-corrected chi connectivity index (χ4v) is 6.88. The van der Waals surface area contributed by atoms with Crippen LogP contribution in [0, 0.1) is 5.82 Å². The predicted octanol–water partition coefficient (Wildman–Crippen LogP) is 7.32. The number of anilines is 1. The van der Waals surface area contributed by atoms with Crippen LogP contribution in [0.3, 0.4) is 0 Å². The fraction of sp³-hybridized carbons (Fsp3) is 0.379. The summed E-state index contributed by atoms with van der Waals surface area (Å²) in [5.74, 6) is 0.814. The van der Waals surface area contributed by atoms with Crippen molar-refractivity contribution in [1.82, 2.24) is 0 Å². The van der Waals surface area contributed by atoms with Gasteiger partial charge in [0.1, 0.15) is 18.2 Å². The average Bonchev–Trinajstić information content (AvgIpc) is 3.80. The lowest BCUT2D eigenvalue weighted by Gasteiger charge is -2.32. The average molecular weight is 546 g/mol. The van der Waals surface area contributed by atoms with Gasteiger partial charge in [-0.25, -0.2) is 12.8 Å². The summed E-state index contributed by atoms with van der Waals surface area (Å²) >= 11 is 0. The Morgan fingerprint density at radius 3 is 2.34 bits per heavy atom. The first kappa shape index (κ1) is 25.2. The number of ether oxygens (including phenoxy) is 1. The molecule has 200 valence electrons. The quantitative estimate of drug-likeness (QED) is 0.292. The Hall–Kier alpha value is -3.07. The first-order chi connectivity index (χ1) is 18.1. The molecular weight excluding hydrogens is 518 g/mol. The summed E-state index contributed by atoms with van der Waals surface area (Å²) in [5, 5.41) is 0. The minimum absolute atomic E-state index is 0.0252. The zero-order valence-electron chi connectivity index (χ0n) is 20.6. The summed E-state index contributed by atoms with van der Waals surface area (Å²) in [6.07, 6.45) is 0.578. The number of hydrogen-bond acceptors (Lipinski definition) is 3. The number of alkyl halides is 3.